The number of anilines is 1. The second kappa shape index (κ2) is 6.19. The first-order chi connectivity index (χ1) is 10.3. The molecular weight excluding hydrogens is 282 g/mol. The van der Waals surface area contributed by atoms with E-state index in [1.807, 2.05) is 35.7 Å². The summed E-state index contributed by atoms with van der Waals surface area (Å²) in [6.07, 6.45) is 1.68. The predicted molar refractivity (Wildman–Crippen MR) is 86.9 cm³/mol. The minimum Gasteiger partial charge on any atom is -0.508 e. The number of benzene rings is 2. The maximum atomic E-state index is 9.20. The maximum Gasteiger partial charge on any atom is 0.203 e. The molecule has 0 aliphatic carbocycles. The third-order valence-corrected chi connectivity index (χ3v) is 3.59. The second-order valence-corrected chi connectivity index (χ2v) is 5.22. The van der Waals surface area contributed by atoms with Crippen molar-refractivity contribution in [2.75, 3.05) is 5.43 Å². The molecule has 0 aliphatic rings. The van der Waals surface area contributed by atoms with Crippen molar-refractivity contribution in [3.05, 3.63) is 65.5 Å². The van der Waals surface area contributed by atoms with Crippen molar-refractivity contribution in [2.24, 2.45) is 5.10 Å². The van der Waals surface area contributed by atoms with E-state index in [1.165, 1.54) is 11.3 Å². The fraction of sp³-hybridized carbons (Fsp3) is 0. The zero-order valence-electron chi connectivity index (χ0n) is 11.1. The van der Waals surface area contributed by atoms with Gasteiger partial charge in [-0.3, -0.25) is 5.43 Å². The summed E-state index contributed by atoms with van der Waals surface area (Å²) in [6, 6.07) is 16.8. The fourth-order valence-corrected chi connectivity index (χ4v) is 2.46. The van der Waals surface area contributed by atoms with Crippen LogP contribution in [0.15, 0.2) is 65.1 Å². The molecule has 3 aromatic rings. The van der Waals surface area contributed by atoms with Crippen molar-refractivity contribution in [3.63, 3.8) is 0 Å². The normalized spacial score (nSPS) is 10.9. The highest BCUT2D eigenvalue weighted by molar-refractivity contribution is 7.14. The van der Waals surface area contributed by atoms with Gasteiger partial charge < -0.3 is 5.11 Å². The summed E-state index contributed by atoms with van der Waals surface area (Å²) < 4.78 is 0. The van der Waals surface area contributed by atoms with Crippen LogP contribution < -0.4 is 5.43 Å². The highest BCUT2D eigenvalue weighted by Gasteiger charge is 2.02. The van der Waals surface area contributed by atoms with Crippen molar-refractivity contribution in [1.82, 2.24) is 4.98 Å². The Morgan fingerprint density at radius 2 is 1.81 bits per heavy atom. The maximum absolute atomic E-state index is 9.20. The molecule has 1 heterocycles. The lowest BCUT2D eigenvalue weighted by Crippen LogP contribution is -1.89. The largest absolute Gasteiger partial charge is 0.508 e. The summed E-state index contributed by atoms with van der Waals surface area (Å²) in [4.78, 5) is 4.48. The molecule has 2 N–H and O–H groups in total. The summed E-state index contributed by atoms with van der Waals surface area (Å²) in [5.41, 5.74) is 5.84. The molecule has 5 heteroatoms. The number of hydrogen-bond acceptors (Lipinski definition) is 5. The van der Waals surface area contributed by atoms with Gasteiger partial charge in [0.1, 0.15) is 5.75 Å². The van der Waals surface area contributed by atoms with E-state index in [-0.39, 0.29) is 5.75 Å². The number of aromatic nitrogens is 1. The quantitative estimate of drug-likeness (QED) is 0.566. The molecule has 0 radical (unpaired) electrons. The van der Waals surface area contributed by atoms with Gasteiger partial charge in [-0.05, 0) is 29.8 Å². The standard InChI is InChI=1S/C16H13N3OS/c20-14-8-6-12(7-9-14)10-17-19-16-18-15(11-21-16)13-4-2-1-3-5-13/h1-11,20H,(H,18,19)/b17-10-. The number of hydrogen-bond donors (Lipinski definition) is 2. The number of thiazole rings is 1. The van der Waals surface area contributed by atoms with E-state index in [0.29, 0.717) is 0 Å². The Bertz CT molecular complexity index is 736. The predicted octanol–water partition coefficient (Wildman–Crippen LogP) is 3.96. The van der Waals surface area contributed by atoms with Crippen molar-refractivity contribution < 1.29 is 5.11 Å². The minimum atomic E-state index is 0.243. The van der Waals surface area contributed by atoms with Crippen molar-refractivity contribution in [3.8, 4) is 17.0 Å². The van der Waals surface area contributed by atoms with Crippen LogP contribution in [-0.4, -0.2) is 16.3 Å². The highest BCUT2D eigenvalue weighted by atomic mass is 32.1. The molecule has 0 aliphatic heterocycles. The van der Waals surface area contributed by atoms with Crippen LogP contribution in [0.4, 0.5) is 5.13 Å². The molecule has 3 rings (SSSR count). The number of phenolic OH excluding ortho intramolecular Hbond substituents is 1. The van der Waals surface area contributed by atoms with Gasteiger partial charge in [0.25, 0.3) is 0 Å². The molecule has 0 spiro atoms. The molecule has 104 valence electrons. The van der Waals surface area contributed by atoms with Crippen molar-refractivity contribution in [2.45, 2.75) is 0 Å². The molecule has 21 heavy (non-hydrogen) atoms. The van der Waals surface area contributed by atoms with Crippen LogP contribution in [-0.2, 0) is 0 Å². The monoisotopic (exact) mass is 295 g/mol. The van der Waals surface area contributed by atoms with Gasteiger partial charge in [0.2, 0.25) is 5.13 Å². The summed E-state index contributed by atoms with van der Waals surface area (Å²) in [5, 5.41) is 16.1. The van der Waals surface area contributed by atoms with Crippen LogP contribution in [0.1, 0.15) is 5.56 Å². The zero-order chi connectivity index (χ0) is 14.5. The van der Waals surface area contributed by atoms with Gasteiger partial charge in [-0.2, -0.15) is 5.10 Å². The fourth-order valence-electron chi connectivity index (χ4n) is 1.79. The van der Waals surface area contributed by atoms with E-state index in [0.717, 1.165) is 22.0 Å². The molecule has 1 aromatic heterocycles. The van der Waals surface area contributed by atoms with Crippen molar-refractivity contribution in [1.29, 1.82) is 0 Å². The summed E-state index contributed by atoms with van der Waals surface area (Å²) in [5.74, 6) is 0.243. The third-order valence-electron chi connectivity index (χ3n) is 2.84. The number of rotatable bonds is 4. The Morgan fingerprint density at radius 1 is 1.05 bits per heavy atom. The number of hydrazone groups is 1. The molecule has 0 atom stereocenters. The van der Waals surface area contributed by atoms with Gasteiger partial charge in [0.15, 0.2) is 0 Å². The highest BCUT2D eigenvalue weighted by Crippen LogP contribution is 2.24. The Morgan fingerprint density at radius 3 is 2.57 bits per heavy atom. The van der Waals surface area contributed by atoms with Crippen LogP contribution in [0, 0.1) is 0 Å². The molecule has 2 aromatic carbocycles. The zero-order valence-corrected chi connectivity index (χ0v) is 11.9. The number of phenols is 1. The van der Waals surface area contributed by atoms with Gasteiger partial charge in [-0.1, -0.05) is 30.3 Å². The number of nitrogens with one attached hydrogen (secondary N) is 1. The first-order valence-corrected chi connectivity index (χ1v) is 7.28. The summed E-state index contributed by atoms with van der Waals surface area (Å²) in [6.45, 7) is 0. The van der Waals surface area contributed by atoms with Crippen LogP contribution >= 0.6 is 11.3 Å². The average Bonchev–Trinajstić information content (AvgIpc) is 2.99. The molecule has 0 saturated heterocycles. The summed E-state index contributed by atoms with van der Waals surface area (Å²) >= 11 is 1.51. The Labute approximate surface area is 126 Å². The van der Waals surface area contributed by atoms with Gasteiger partial charge in [-0.15, -0.1) is 11.3 Å². The van der Waals surface area contributed by atoms with E-state index >= 15 is 0 Å². The van der Waals surface area contributed by atoms with E-state index in [1.54, 1.807) is 30.5 Å². The van der Waals surface area contributed by atoms with Crippen molar-refractivity contribution >= 4 is 22.7 Å². The molecule has 0 amide bonds. The first kappa shape index (κ1) is 13.3. The molecule has 4 nitrogen and oxygen atoms in total. The lowest BCUT2D eigenvalue weighted by Gasteiger charge is -1.96. The molecule has 0 saturated carbocycles. The lowest BCUT2D eigenvalue weighted by molar-refractivity contribution is 0.475. The van der Waals surface area contributed by atoms with E-state index in [4.69, 9.17) is 0 Å². The van der Waals surface area contributed by atoms with Crippen LogP contribution in [0.3, 0.4) is 0 Å². The topological polar surface area (TPSA) is 57.5 Å². The minimum absolute atomic E-state index is 0.243. The molecule has 0 unspecified atom stereocenters. The van der Waals surface area contributed by atoms with Crippen LogP contribution in [0.25, 0.3) is 11.3 Å². The molecule has 0 bridgehead atoms. The van der Waals surface area contributed by atoms with E-state index in [9.17, 15) is 5.11 Å². The van der Waals surface area contributed by atoms with Gasteiger partial charge >= 0.3 is 0 Å². The lowest BCUT2D eigenvalue weighted by atomic mass is 10.2. The second-order valence-electron chi connectivity index (χ2n) is 4.37. The summed E-state index contributed by atoms with van der Waals surface area (Å²) in [7, 11) is 0. The first-order valence-electron chi connectivity index (χ1n) is 6.40. The Kier molecular flexibility index (Phi) is 3.93. The SMILES string of the molecule is Oc1ccc(/C=N\Nc2nc(-c3ccccc3)cs2)cc1. The number of nitrogens with zero attached hydrogens (tertiary/aromatic N) is 2. The third kappa shape index (κ3) is 3.46. The van der Waals surface area contributed by atoms with E-state index in [2.05, 4.69) is 15.5 Å². The Hall–Kier alpha value is -2.66. The Balaban J connectivity index is 1.66. The number of aromatic hydroxyl groups is 1. The van der Waals surface area contributed by atoms with Gasteiger partial charge in [-0.25, -0.2) is 4.98 Å². The van der Waals surface area contributed by atoms with Gasteiger partial charge in [0, 0.05) is 10.9 Å². The van der Waals surface area contributed by atoms with Gasteiger partial charge in [0.05, 0.1) is 11.9 Å². The smallest absolute Gasteiger partial charge is 0.203 e. The van der Waals surface area contributed by atoms with Crippen LogP contribution in [0.2, 0.25) is 0 Å². The van der Waals surface area contributed by atoms with E-state index < -0.39 is 0 Å². The van der Waals surface area contributed by atoms with Crippen LogP contribution in [0.5, 0.6) is 5.75 Å². The molecular formula is C16H13N3OS. The average molecular weight is 295 g/mol. The molecule has 0 fully saturated rings.